The highest BCUT2D eigenvalue weighted by Gasteiger charge is 2.33. The first-order chi connectivity index (χ1) is 11.7. The van der Waals surface area contributed by atoms with Gasteiger partial charge in [0.15, 0.2) is 0 Å². The molecule has 0 saturated heterocycles. The summed E-state index contributed by atoms with van der Waals surface area (Å²) in [5.41, 5.74) is 3.22. The maximum absolute atomic E-state index is 13.2. The molecule has 4 rings (SSSR count). The zero-order valence-electron chi connectivity index (χ0n) is 13.7. The molecule has 0 aliphatic carbocycles. The molecule has 3 nitrogen and oxygen atoms in total. The van der Waals surface area contributed by atoms with Gasteiger partial charge in [0.25, 0.3) is 5.91 Å². The van der Waals surface area contributed by atoms with Crippen LogP contribution in [0, 0.1) is 0 Å². The molecule has 3 heterocycles. The molecule has 1 aromatic heterocycles. The fourth-order valence-corrected chi connectivity index (χ4v) is 4.41. The van der Waals surface area contributed by atoms with Crippen molar-refractivity contribution in [2.75, 3.05) is 20.1 Å². The molecule has 0 bridgehead atoms. The van der Waals surface area contributed by atoms with Crippen molar-refractivity contribution in [3.63, 3.8) is 0 Å². The summed E-state index contributed by atoms with van der Waals surface area (Å²) in [7, 11) is 2.00. The topological polar surface area (TPSA) is 23.6 Å². The minimum absolute atomic E-state index is 0.00947. The molecule has 0 saturated carbocycles. The SMILES string of the molecule is CN1C=C(C(=O)N2CCc3sccc3C2c2ccccc2)C=CC1. The van der Waals surface area contributed by atoms with Crippen molar-refractivity contribution in [3.05, 3.63) is 81.7 Å². The molecule has 0 spiro atoms. The largest absolute Gasteiger partial charge is 0.376 e. The van der Waals surface area contributed by atoms with Gasteiger partial charge in [0.2, 0.25) is 0 Å². The summed E-state index contributed by atoms with van der Waals surface area (Å²) in [6, 6.07) is 12.5. The molecule has 1 unspecified atom stereocenters. The van der Waals surface area contributed by atoms with Crippen LogP contribution in [0.1, 0.15) is 22.0 Å². The summed E-state index contributed by atoms with van der Waals surface area (Å²) >= 11 is 1.80. The molecule has 4 heteroatoms. The van der Waals surface area contributed by atoms with Gasteiger partial charge >= 0.3 is 0 Å². The zero-order chi connectivity index (χ0) is 16.5. The number of rotatable bonds is 2. The highest BCUT2D eigenvalue weighted by molar-refractivity contribution is 7.10. The third-order valence-corrected chi connectivity index (χ3v) is 5.64. The van der Waals surface area contributed by atoms with Crippen LogP contribution in [0.5, 0.6) is 0 Å². The van der Waals surface area contributed by atoms with Gasteiger partial charge in [-0.25, -0.2) is 0 Å². The molecule has 0 radical (unpaired) electrons. The van der Waals surface area contributed by atoms with Gasteiger partial charge in [-0.15, -0.1) is 11.3 Å². The van der Waals surface area contributed by atoms with E-state index in [0.717, 1.165) is 25.1 Å². The van der Waals surface area contributed by atoms with Crippen molar-refractivity contribution < 1.29 is 4.79 Å². The lowest BCUT2D eigenvalue weighted by Crippen LogP contribution is -2.41. The maximum atomic E-state index is 13.2. The highest BCUT2D eigenvalue weighted by Crippen LogP contribution is 2.38. The average molecular weight is 336 g/mol. The Balaban J connectivity index is 1.74. The Kier molecular flexibility index (Phi) is 3.98. The van der Waals surface area contributed by atoms with Crippen molar-refractivity contribution in [1.82, 2.24) is 9.80 Å². The van der Waals surface area contributed by atoms with E-state index in [1.54, 1.807) is 11.3 Å². The van der Waals surface area contributed by atoms with E-state index in [9.17, 15) is 4.79 Å². The Morgan fingerprint density at radius 1 is 1.21 bits per heavy atom. The number of carbonyl (C=O) groups excluding carboxylic acids is 1. The Labute approximate surface area is 146 Å². The van der Waals surface area contributed by atoms with E-state index in [1.165, 1.54) is 16.0 Å². The molecule has 1 amide bonds. The van der Waals surface area contributed by atoms with E-state index in [-0.39, 0.29) is 11.9 Å². The number of hydrogen-bond acceptors (Lipinski definition) is 3. The van der Waals surface area contributed by atoms with Crippen LogP contribution in [0.2, 0.25) is 0 Å². The van der Waals surface area contributed by atoms with Gasteiger partial charge in [-0.3, -0.25) is 4.79 Å². The molecule has 0 fully saturated rings. The number of nitrogens with zero attached hydrogens (tertiary/aromatic N) is 2. The van der Waals surface area contributed by atoms with Crippen molar-refractivity contribution in [2.24, 2.45) is 0 Å². The van der Waals surface area contributed by atoms with Crippen LogP contribution < -0.4 is 0 Å². The third-order valence-electron chi connectivity index (χ3n) is 4.64. The number of amides is 1. The fourth-order valence-electron chi connectivity index (χ4n) is 3.50. The summed E-state index contributed by atoms with van der Waals surface area (Å²) in [4.78, 5) is 18.7. The molecule has 1 atom stereocenters. The van der Waals surface area contributed by atoms with Crippen molar-refractivity contribution in [3.8, 4) is 0 Å². The van der Waals surface area contributed by atoms with Gasteiger partial charge in [-0.2, -0.15) is 0 Å². The van der Waals surface area contributed by atoms with Crippen LogP contribution in [0.15, 0.2) is 65.7 Å². The van der Waals surface area contributed by atoms with Crippen LogP contribution in [-0.2, 0) is 11.2 Å². The Morgan fingerprint density at radius 3 is 2.83 bits per heavy atom. The van der Waals surface area contributed by atoms with Gasteiger partial charge in [0, 0.05) is 31.2 Å². The first-order valence-corrected chi connectivity index (χ1v) is 9.13. The van der Waals surface area contributed by atoms with E-state index in [1.807, 2.05) is 53.4 Å². The lowest BCUT2D eigenvalue weighted by Gasteiger charge is -2.37. The quantitative estimate of drug-likeness (QED) is 0.836. The second-order valence-corrected chi connectivity index (χ2v) is 7.29. The second kappa shape index (κ2) is 6.29. The summed E-state index contributed by atoms with van der Waals surface area (Å²) < 4.78 is 0. The van der Waals surface area contributed by atoms with Crippen LogP contribution in [0.25, 0.3) is 0 Å². The van der Waals surface area contributed by atoms with E-state index >= 15 is 0 Å². The van der Waals surface area contributed by atoms with Gasteiger partial charge in [-0.1, -0.05) is 42.5 Å². The number of thiophene rings is 1. The fraction of sp³-hybridized carbons (Fsp3) is 0.250. The smallest absolute Gasteiger partial charge is 0.256 e. The van der Waals surface area contributed by atoms with Crippen molar-refractivity contribution in [2.45, 2.75) is 12.5 Å². The molecule has 2 aliphatic heterocycles. The normalized spacial score (nSPS) is 19.9. The van der Waals surface area contributed by atoms with Gasteiger partial charge in [0.05, 0.1) is 11.6 Å². The number of carbonyl (C=O) groups is 1. The monoisotopic (exact) mass is 336 g/mol. The first-order valence-electron chi connectivity index (χ1n) is 8.25. The average Bonchev–Trinajstić information content (AvgIpc) is 3.09. The second-order valence-electron chi connectivity index (χ2n) is 6.29. The van der Waals surface area contributed by atoms with Gasteiger partial charge < -0.3 is 9.80 Å². The molecule has 24 heavy (non-hydrogen) atoms. The van der Waals surface area contributed by atoms with Crippen LogP contribution >= 0.6 is 11.3 Å². The highest BCUT2D eigenvalue weighted by atomic mass is 32.1. The first kappa shape index (κ1) is 15.2. The molecule has 0 N–H and O–H groups in total. The summed E-state index contributed by atoms with van der Waals surface area (Å²) in [6.07, 6.45) is 6.89. The van der Waals surface area contributed by atoms with E-state index in [4.69, 9.17) is 0 Å². The lowest BCUT2D eigenvalue weighted by atomic mass is 9.92. The lowest BCUT2D eigenvalue weighted by molar-refractivity contribution is -0.128. The van der Waals surface area contributed by atoms with Crippen LogP contribution in [-0.4, -0.2) is 35.8 Å². The molecule has 122 valence electrons. The van der Waals surface area contributed by atoms with Crippen LogP contribution in [0.3, 0.4) is 0 Å². The predicted molar refractivity (Wildman–Crippen MR) is 97.9 cm³/mol. The molecular weight excluding hydrogens is 316 g/mol. The predicted octanol–water partition coefficient (Wildman–Crippen LogP) is 3.61. The molecule has 1 aromatic carbocycles. The summed E-state index contributed by atoms with van der Waals surface area (Å²) in [6.45, 7) is 1.62. The molecule has 2 aliphatic rings. The summed E-state index contributed by atoms with van der Waals surface area (Å²) in [5, 5.41) is 2.14. The number of likely N-dealkylation sites (N-methyl/N-ethyl adjacent to an activating group) is 1. The molecular formula is C20H20N2OS. The Bertz CT molecular complexity index is 806. The summed E-state index contributed by atoms with van der Waals surface area (Å²) in [5.74, 6) is 0.114. The zero-order valence-corrected chi connectivity index (χ0v) is 14.5. The molecule has 2 aromatic rings. The maximum Gasteiger partial charge on any atom is 0.256 e. The third kappa shape index (κ3) is 2.67. The van der Waals surface area contributed by atoms with E-state index in [0.29, 0.717) is 0 Å². The van der Waals surface area contributed by atoms with Crippen molar-refractivity contribution in [1.29, 1.82) is 0 Å². The van der Waals surface area contributed by atoms with E-state index < -0.39 is 0 Å². The van der Waals surface area contributed by atoms with Crippen LogP contribution in [0.4, 0.5) is 0 Å². The Morgan fingerprint density at radius 2 is 2.04 bits per heavy atom. The van der Waals surface area contributed by atoms with Crippen molar-refractivity contribution >= 4 is 17.2 Å². The standard InChI is InChI=1S/C20H20N2OS/c1-21-11-5-8-16(14-21)20(23)22-12-9-18-17(10-13-24-18)19(22)15-6-3-2-4-7-15/h2-8,10,13-14,19H,9,11-12H2,1H3. The Hall–Kier alpha value is -2.33. The number of fused-ring (bicyclic) bond motifs is 1. The minimum Gasteiger partial charge on any atom is -0.376 e. The van der Waals surface area contributed by atoms with Gasteiger partial charge in [-0.05, 0) is 29.0 Å². The van der Waals surface area contributed by atoms with Gasteiger partial charge in [0.1, 0.15) is 0 Å². The number of hydrogen-bond donors (Lipinski definition) is 0. The van der Waals surface area contributed by atoms with E-state index in [2.05, 4.69) is 23.6 Å². The number of benzene rings is 1. The minimum atomic E-state index is 0.00947.